The Morgan fingerprint density at radius 2 is 2.15 bits per heavy atom. The normalized spacial score (nSPS) is 25.5. The molecule has 76 valence electrons. The fraction of sp³-hybridized carbons (Fsp3) is 0.889. The quantitative estimate of drug-likeness (QED) is 0.631. The summed E-state index contributed by atoms with van der Waals surface area (Å²) in [5.74, 6) is -3.92. The topological polar surface area (TPSA) is 20.3 Å². The zero-order valence-electron chi connectivity index (χ0n) is 7.96. The standard InChI is InChI=1S/C9H15F2NO/c1-7(2)12-4-3-8(5-12)9(10,11)6-13/h6-8H,3-5H2,1-2H3. The number of nitrogens with zero attached hydrogens (tertiary/aromatic N) is 1. The Morgan fingerprint density at radius 3 is 2.54 bits per heavy atom. The van der Waals surface area contributed by atoms with Crippen LogP contribution in [0.3, 0.4) is 0 Å². The molecule has 0 aromatic heterocycles. The lowest BCUT2D eigenvalue weighted by molar-refractivity contribution is -0.136. The SMILES string of the molecule is CC(C)N1CCC(C(F)(F)C=O)C1. The number of likely N-dealkylation sites (tertiary alicyclic amines) is 1. The van der Waals surface area contributed by atoms with Gasteiger partial charge in [-0.05, 0) is 26.8 Å². The maximum Gasteiger partial charge on any atom is 0.306 e. The van der Waals surface area contributed by atoms with Gasteiger partial charge in [0.15, 0.2) is 6.29 Å². The Kier molecular flexibility index (Phi) is 3.01. The van der Waals surface area contributed by atoms with Gasteiger partial charge in [0, 0.05) is 18.5 Å². The van der Waals surface area contributed by atoms with E-state index in [4.69, 9.17) is 0 Å². The summed E-state index contributed by atoms with van der Waals surface area (Å²) < 4.78 is 25.8. The van der Waals surface area contributed by atoms with Crippen LogP contribution in [0, 0.1) is 5.92 Å². The minimum atomic E-state index is -3.14. The van der Waals surface area contributed by atoms with Crippen LogP contribution in [0.5, 0.6) is 0 Å². The van der Waals surface area contributed by atoms with E-state index in [-0.39, 0.29) is 12.3 Å². The van der Waals surface area contributed by atoms with Gasteiger partial charge in [-0.15, -0.1) is 0 Å². The molecule has 1 saturated heterocycles. The van der Waals surface area contributed by atoms with E-state index in [0.29, 0.717) is 19.5 Å². The van der Waals surface area contributed by atoms with Crippen LogP contribution in [0.15, 0.2) is 0 Å². The van der Waals surface area contributed by atoms with E-state index < -0.39 is 11.8 Å². The summed E-state index contributed by atoms with van der Waals surface area (Å²) >= 11 is 0. The van der Waals surface area contributed by atoms with Crippen LogP contribution in [0.1, 0.15) is 20.3 Å². The fourth-order valence-electron chi connectivity index (χ4n) is 1.67. The van der Waals surface area contributed by atoms with Crippen molar-refractivity contribution in [3.8, 4) is 0 Å². The van der Waals surface area contributed by atoms with E-state index in [1.165, 1.54) is 0 Å². The molecule has 0 bridgehead atoms. The largest absolute Gasteiger partial charge is 0.306 e. The Morgan fingerprint density at radius 1 is 1.54 bits per heavy atom. The minimum absolute atomic E-state index is 0.221. The van der Waals surface area contributed by atoms with E-state index in [0.717, 1.165) is 0 Å². The van der Waals surface area contributed by atoms with Crippen LogP contribution >= 0.6 is 0 Å². The molecular formula is C9H15F2NO. The molecular weight excluding hydrogens is 176 g/mol. The molecule has 0 saturated carbocycles. The minimum Gasteiger partial charge on any atom is -0.300 e. The van der Waals surface area contributed by atoms with Gasteiger partial charge in [0.25, 0.3) is 0 Å². The van der Waals surface area contributed by atoms with Gasteiger partial charge in [-0.2, -0.15) is 8.78 Å². The predicted molar refractivity (Wildman–Crippen MR) is 45.8 cm³/mol. The second-order valence-electron chi connectivity index (χ2n) is 3.87. The van der Waals surface area contributed by atoms with E-state index >= 15 is 0 Å². The van der Waals surface area contributed by atoms with Crippen molar-refractivity contribution in [2.24, 2.45) is 5.92 Å². The highest BCUT2D eigenvalue weighted by molar-refractivity contribution is 5.60. The summed E-state index contributed by atoms with van der Waals surface area (Å²) in [5, 5.41) is 0. The molecule has 1 rings (SSSR count). The van der Waals surface area contributed by atoms with Gasteiger partial charge < -0.3 is 4.90 Å². The van der Waals surface area contributed by atoms with Gasteiger partial charge in [-0.1, -0.05) is 0 Å². The molecule has 0 aromatic rings. The number of carbonyl (C=O) groups excluding carboxylic acids is 1. The summed E-state index contributed by atoms with van der Waals surface area (Å²) in [6.45, 7) is 4.96. The van der Waals surface area contributed by atoms with Crippen molar-refractivity contribution in [2.45, 2.75) is 32.2 Å². The van der Waals surface area contributed by atoms with E-state index in [1.54, 1.807) is 0 Å². The van der Waals surface area contributed by atoms with Crippen LogP contribution in [-0.4, -0.2) is 36.2 Å². The van der Waals surface area contributed by atoms with Gasteiger partial charge >= 0.3 is 5.92 Å². The number of carbonyl (C=O) groups is 1. The van der Waals surface area contributed by atoms with E-state index in [9.17, 15) is 13.6 Å². The van der Waals surface area contributed by atoms with Crippen LogP contribution in [0.4, 0.5) is 8.78 Å². The lowest BCUT2D eigenvalue weighted by atomic mass is 10.0. The molecule has 1 aliphatic heterocycles. The molecule has 2 nitrogen and oxygen atoms in total. The van der Waals surface area contributed by atoms with Crippen molar-refractivity contribution in [1.29, 1.82) is 0 Å². The van der Waals surface area contributed by atoms with Gasteiger partial charge in [-0.25, -0.2) is 0 Å². The molecule has 4 heteroatoms. The molecule has 0 aromatic carbocycles. The van der Waals surface area contributed by atoms with Gasteiger partial charge in [-0.3, -0.25) is 4.79 Å². The molecule has 1 unspecified atom stereocenters. The monoisotopic (exact) mass is 191 g/mol. The zero-order chi connectivity index (χ0) is 10.1. The summed E-state index contributed by atoms with van der Waals surface area (Å²) in [6, 6.07) is 0.285. The van der Waals surface area contributed by atoms with Crippen molar-refractivity contribution < 1.29 is 13.6 Å². The molecule has 0 N–H and O–H groups in total. The molecule has 0 aliphatic carbocycles. The Bertz CT molecular complexity index is 194. The molecule has 1 aliphatic rings. The average Bonchev–Trinajstić information content (AvgIpc) is 2.52. The van der Waals surface area contributed by atoms with Gasteiger partial charge in [0.05, 0.1) is 0 Å². The zero-order valence-corrected chi connectivity index (χ0v) is 7.96. The third-order valence-electron chi connectivity index (χ3n) is 2.65. The maximum atomic E-state index is 12.9. The van der Waals surface area contributed by atoms with Crippen LogP contribution in [-0.2, 0) is 4.79 Å². The van der Waals surface area contributed by atoms with Gasteiger partial charge in [0.2, 0.25) is 0 Å². The first kappa shape index (κ1) is 10.6. The van der Waals surface area contributed by atoms with Crippen molar-refractivity contribution in [3.63, 3.8) is 0 Å². The third-order valence-corrected chi connectivity index (χ3v) is 2.65. The number of rotatable bonds is 3. The van der Waals surface area contributed by atoms with E-state index in [1.807, 2.05) is 18.7 Å². The maximum absolute atomic E-state index is 12.9. The Hall–Kier alpha value is -0.510. The number of hydrogen-bond donors (Lipinski definition) is 0. The molecule has 0 spiro atoms. The molecule has 1 fully saturated rings. The molecule has 0 amide bonds. The summed E-state index contributed by atoms with van der Waals surface area (Å²) in [6.07, 6.45) is 0.200. The van der Waals surface area contributed by atoms with Crippen molar-refractivity contribution >= 4 is 6.29 Å². The Balaban J connectivity index is 2.54. The lowest BCUT2D eigenvalue weighted by Gasteiger charge is -2.21. The van der Waals surface area contributed by atoms with Crippen LogP contribution in [0.25, 0.3) is 0 Å². The summed E-state index contributed by atoms with van der Waals surface area (Å²) in [7, 11) is 0. The highest BCUT2D eigenvalue weighted by atomic mass is 19.3. The molecule has 13 heavy (non-hydrogen) atoms. The second kappa shape index (κ2) is 3.70. The number of alkyl halides is 2. The first-order chi connectivity index (χ1) is 5.97. The number of halogens is 2. The fourth-order valence-corrected chi connectivity index (χ4v) is 1.67. The lowest BCUT2D eigenvalue weighted by Crippen LogP contribution is -2.34. The second-order valence-corrected chi connectivity index (χ2v) is 3.87. The average molecular weight is 191 g/mol. The van der Waals surface area contributed by atoms with Gasteiger partial charge in [0.1, 0.15) is 0 Å². The first-order valence-electron chi connectivity index (χ1n) is 4.55. The van der Waals surface area contributed by atoms with Crippen LogP contribution < -0.4 is 0 Å². The van der Waals surface area contributed by atoms with Crippen molar-refractivity contribution in [3.05, 3.63) is 0 Å². The summed E-state index contributed by atoms with van der Waals surface area (Å²) in [5.41, 5.74) is 0. The number of hydrogen-bond acceptors (Lipinski definition) is 2. The highest BCUT2D eigenvalue weighted by Crippen LogP contribution is 2.31. The first-order valence-corrected chi connectivity index (χ1v) is 4.55. The third kappa shape index (κ3) is 2.24. The predicted octanol–water partition coefficient (Wildman–Crippen LogP) is 1.55. The molecule has 0 radical (unpaired) electrons. The van der Waals surface area contributed by atoms with Crippen molar-refractivity contribution in [2.75, 3.05) is 13.1 Å². The van der Waals surface area contributed by atoms with Crippen molar-refractivity contribution in [1.82, 2.24) is 4.90 Å². The molecule has 1 heterocycles. The summed E-state index contributed by atoms with van der Waals surface area (Å²) in [4.78, 5) is 12.1. The van der Waals surface area contributed by atoms with Crippen LogP contribution in [0.2, 0.25) is 0 Å². The van der Waals surface area contributed by atoms with E-state index in [2.05, 4.69) is 0 Å². The number of aldehydes is 1. The molecule has 1 atom stereocenters. The smallest absolute Gasteiger partial charge is 0.300 e. The Labute approximate surface area is 76.9 Å². The highest BCUT2D eigenvalue weighted by Gasteiger charge is 2.43.